The summed E-state index contributed by atoms with van der Waals surface area (Å²) in [5, 5.41) is 3.93. The molecule has 0 aliphatic carbocycles. The average Bonchev–Trinajstić information content (AvgIpc) is 2.88. The lowest BCUT2D eigenvalue weighted by Crippen LogP contribution is -2.13. The second kappa shape index (κ2) is 6.30. The van der Waals surface area contributed by atoms with Crippen molar-refractivity contribution in [2.24, 2.45) is 0 Å². The normalized spacial score (nSPS) is 11.5. The Balaban J connectivity index is 1.91. The van der Waals surface area contributed by atoms with Crippen LogP contribution in [0.15, 0.2) is 22.7 Å². The van der Waals surface area contributed by atoms with E-state index in [9.17, 15) is 4.79 Å². The predicted molar refractivity (Wildman–Crippen MR) is 82.9 cm³/mol. The second-order valence-corrected chi connectivity index (χ2v) is 6.50. The van der Waals surface area contributed by atoms with E-state index in [0.29, 0.717) is 23.9 Å². The molecule has 5 heteroatoms. The predicted octanol–water partition coefficient (Wildman–Crippen LogP) is 3.52. The van der Waals surface area contributed by atoms with Crippen molar-refractivity contribution in [2.75, 3.05) is 0 Å². The summed E-state index contributed by atoms with van der Waals surface area (Å²) in [4.78, 5) is 16.2. The Labute approximate surface area is 130 Å². The highest BCUT2D eigenvalue weighted by Gasteiger charge is 2.21. The van der Waals surface area contributed by atoms with Crippen molar-refractivity contribution >= 4 is 5.97 Å². The molecule has 0 atom stereocenters. The summed E-state index contributed by atoms with van der Waals surface area (Å²) in [6.07, 6.45) is 0.589. The van der Waals surface area contributed by atoms with Crippen LogP contribution in [0.1, 0.15) is 50.0 Å². The Morgan fingerprint density at radius 3 is 2.59 bits per heavy atom. The Hall–Kier alpha value is -2.17. The van der Waals surface area contributed by atoms with Crippen LogP contribution < -0.4 is 4.74 Å². The van der Waals surface area contributed by atoms with Crippen LogP contribution in [-0.4, -0.2) is 16.1 Å². The van der Waals surface area contributed by atoms with E-state index in [4.69, 9.17) is 9.26 Å². The van der Waals surface area contributed by atoms with E-state index >= 15 is 0 Å². The van der Waals surface area contributed by atoms with Gasteiger partial charge in [0.15, 0.2) is 5.82 Å². The van der Waals surface area contributed by atoms with Crippen molar-refractivity contribution in [3.63, 3.8) is 0 Å². The molecule has 2 aromatic rings. The van der Waals surface area contributed by atoms with Gasteiger partial charge in [0.2, 0.25) is 5.89 Å². The van der Waals surface area contributed by atoms with E-state index < -0.39 is 0 Å². The maximum atomic E-state index is 11.9. The highest BCUT2D eigenvalue weighted by atomic mass is 16.5. The fourth-order valence-corrected chi connectivity index (χ4v) is 1.96. The van der Waals surface area contributed by atoms with Crippen LogP contribution in [0.5, 0.6) is 5.75 Å². The summed E-state index contributed by atoms with van der Waals surface area (Å²) in [5.41, 5.74) is 1.92. The fourth-order valence-electron chi connectivity index (χ4n) is 1.96. The summed E-state index contributed by atoms with van der Waals surface area (Å²) in [5.74, 6) is 1.40. The number of carbonyl (C=O) groups is 1. The molecular weight excluding hydrogens is 280 g/mol. The number of rotatable bonds is 4. The molecule has 1 aromatic carbocycles. The molecule has 1 aromatic heterocycles. The lowest BCUT2D eigenvalue weighted by atomic mass is 9.96. The highest BCUT2D eigenvalue weighted by molar-refractivity contribution is 5.72. The molecule has 22 heavy (non-hydrogen) atoms. The van der Waals surface area contributed by atoms with E-state index in [1.54, 1.807) is 0 Å². The Morgan fingerprint density at radius 1 is 1.27 bits per heavy atom. The van der Waals surface area contributed by atoms with Crippen LogP contribution in [0.25, 0.3) is 0 Å². The Bertz CT molecular complexity index is 669. The monoisotopic (exact) mass is 302 g/mol. The minimum Gasteiger partial charge on any atom is -0.426 e. The molecule has 1 heterocycles. The topological polar surface area (TPSA) is 65.2 Å². The minimum atomic E-state index is -0.303. The van der Waals surface area contributed by atoms with Gasteiger partial charge in [0.05, 0.1) is 6.42 Å². The van der Waals surface area contributed by atoms with E-state index in [0.717, 1.165) is 11.1 Å². The van der Waals surface area contributed by atoms with Crippen molar-refractivity contribution in [3.8, 4) is 5.75 Å². The van der Waals surface area contributed by atoms with Gasteiger partial charge in [0.1, 0.15) is 5.75 Å². The zero-order valence-electron chi connectivity index (χ0n) is 13.8. The first-order valence-corrected chi connectivity index (χ1v) is 7.37. The standard InChI is InChI=1S/C17H22N2O3/c1-11-6-7-13(12(2)10-11)21-15(20)9-8-14-18-16(19-22-14)17(3,4)5/h6-7,10H,8-9H2,1-5H3. The summed E-state index contributed by atoms with van der Waals surface area (Å²) in [6, 6.07) is 5.71. The fraction of sp³-hybridized carbons (Fsp3) is 0.471. The van der Waals surface area contributed by atoms with Gasteiger partial charge in [-0.05, 0) is 25.5 Å². The van der Waals surface area contributed by atoms with Crippen LogP contribution in [0.4, 0.5) is 0 Å². The maximum absolute atomic E-state index is 11.9. The first kappa shape index (κ1) is 16.2. The van der Waals surface area contributed by atoms with E-state index in [1.807, 2.05) is 52.8 Å². The van der Waals surface area contributed by atoms with Gasteiger partial charge in [-0.3, -0.25) is 4.79 Å². The summed E-state index contributed by atoms with van der Waals surface area (Å²) >= 11 is 0. The quantitative estimate of drug-likeness (QED) is 0.638. The van der Waals surface area contributed by atoms with Gasteiger partial charge in [-0.15, -0.1) is 0 Å². The number of aromatic nitrogens is 2. The molecule has 0 spiro atoms. The SMILES string of the molecule is Cc1ccc(OC(=O)CCc2nc(C(C)(C)C)no2)c(C)c1. The van der Waals surface area contributed by atoms with Crippen LogP contribution in [-0.2, 0) is 16.6 Å². The number of ether oxygens (including phenoxy) is 1. The number of hydrogen-bond donors (Lipinski definition) is 0. The van der Waals surface area contributed by atoms with Gasteiger partial charge >= 0.3 is 5.97 Å². The van der Waals surface area contributed by atoms with Crippen LogP contribution in [0, 0.1) is 13.8 Å². The smallest absolute Gasteiger partial charge is 0.311 e. The molecule has 2 rings (SSSR count). The van der Waals surface area contributed by atoms with Gasteiger partial charge in [-0.2, -0.15) is 4.98 Å². The zero-order chi connectivity index (χ0) is 16.3. The van der Waals surface area contributed by atoms with Crippen molar-refractivity contribution in [1.82, 2.24) is 10.1 Å². The minimum absolute atomic E-state index is 0.165. The van der Waals surface area contributed by atoms with Gasteiger partial charge in [0, 0.05) is 11.8 Å². The molecule has 5 nitrogen and oxygen atoms in total. The molecule has 0 amide bonds. The average molecular weight is 302 g/mol. The number of benzene rings is 1. The number of esters is 1. The zero-order valence-corrected chi connectivity index (χ0v) is 13.8. The molecule has 0 fully saturated rings. The van der Waals surface area contributed by atoms with Gasteiger partial charge in [-0.1, -0.05) is 43.6 Å². The molecule has 0 aliphatic rings. The summed E-state index contributed by atoms with van der Waals surface area (Å²) in [6.45, 7) is 9.95. The largest absolute Gasteiger partial charge is 0.426 e. The third kappa shape index (κ3) is 4.16. The molecule has 0 saturated heterocycles. The molecule has 0 saturated carbocycles. The first-order valence-electron chi connectivity index (χ1n) is 7.37. The molecule has 0 bridgehead atoms. The van der Waals surface area contributed by atoms with E-state index in [2.05, 4.69) is 10.1 Å². The third-order valence-electron chi connectivity index (χ3n) is 3.24. The molecule has 0 aliphatic heterocycles. The number of nitrogens with zero attached hydrogens (tertiary/aromatic N) is 2. The van der Waals surface area contributed by atoms with Gasteiger partial charge in [0.25, 0.3) is 0 Å². The lowest BCUT2D eigenvalue weighted by molar-refractivity contribution is -0.134. The third-order valence-corrected chi connectivity index (χ3v) is 3.24. The lowest BCUT2D eigenvalue weighted by Gasteiger charge is -2.10. The Morgan fingerprint density at radius 2 is 2.00 bits per heavy atom. The maximum Gasteiger partial charge on any atom is 0.311 e. The van der Waals surface area contributed by atoms with Gasteiger partial charge < -0.3 is 9.26 Å². The van der Waals surface area contributed by atoms with Crippen molar-refractivity contribution < 1.29 is 14.1 Å². The van der Waals surface area contributed by atoms with Crippen LogP contribution >= 0.6 is 0 Å². The highest BCUT2D eigenvalue weighted by Crippen LogP contribution is 2.20. The van der Waals surface area contributed by atoms with E-state index in [1.165, 1.54) is 0 Å². The van der Waals surface area contributed by atoms with Crippen molar-refractivity contribution in [2.45, 2.75) is 52.9 Å². The number of aryl methyl sites for hydroxylation is 3. The van der Waals surface area contributed by atoms with Crippen molar-refractivity contribution in [1.29, 1.82) is 0 Å². The summed E-state index contributed by atoms with van der Waals surface area (Å²) in [7, 11) is 0. The van der Waals surface area contributed by atoms with Crippen LogP contribution in [0.3, 0.4) is 0 Å². The molecule has 0 unspecified atom stereocenters. The van der Waals surface area contributed by atoms with Gasteiger partial charge in [-0.25, -0.2) is 0 Å². The molecule has 0 N–H and O–H groups in total. The summed E-state index contributed by atoms with van der Waals surface area (Å²) < 4.78 is 10.5. The molecule has 118 valence electrons. The first-order chi connectivity index (χ1) is 10.3. The van der Waals surface area contributed by atoms with Crippen LogP contribution in [0.2, 0.25) is 0 Å². The number of hydrogen-bond acceptors (Lipinski definition) is 5. The van der Waals surface area contributed by atoms with E-state index in [-0.39, 0.29) is 17.8 Å². The molecule has 0 radical (unpaired) electrons. The Kier molecular flexibility index (Phi) is 4.64. The molecular formula is C17H22N2O3. The van der Waals surface area contributed by atoms with Crippen molar-refractivity contribution in [3.05, 3.63) is 41.0 Å². The number of carbonyl (C=O) groups excluding carboxylic acids is 1. The second-order valence-electron chi connectivity index (χ2n) is 6.50.